The van der Waals surface area contributed by atoms with Gasteiger partial charge in [-0.25, -0.2) is 0 Å². The Morgan fingerprint density at radius 1 is 1.14 bits per heavy atom. The molecule has 4 rings (SSSR count). The van der Waals surface area contributed by atoms with Gasteiger partial charge in [-0.3, -0.25) is 9.59 Å². The van der Waals surface area contributed by atoms with Crippen molar-refractivity contribution in [2.24, 2.45) is 0 Å². The predicted octanol–water partition coefficient (Wildman–Crippen LogP) is 1.08. The van der Waals surface area contributed by atoms with Crippen LogP contribution < -0.4 is 4.90 Å². The number of nitrogens with zero attached hydrogens (tertiary/aromatic N) is 2. The molecule has 5 heteroatoms. The molecule has 3 aliphatic rings. The van der Waals surface area contributed by atoms with Gasteiger partial charge in [-0.2, -0.15) is 0 Å². The van der Waals surface area contributed by atoms with Crippen LogP contribution in [0.2, 0.25) is 0 Å². The minimum Gasteiger partial charge on any atom is -0.372 e. The molecule has 0 bridgehead atoms. The molecule has 0 radical (unpaired) electrons. The lowest BCUT2D eigenvalue weighted by atomic mass is 10.0. The Morgan fingerprint density at radius 2 is 1.86 bits per heavy atom. The van der Waals surface area contributed by atoms with Gasteiger partial charge < -0.3 is 14.5 Å². The van der Waals surface area contributed by atoms with Crippen LogP contribution in [-0.4, -0.2) is 55.0 Å². The number of hydrogen-bond acceptors (Lipinski definition) is 4. The summed E-state index contributed by atoms with van der Waals surface area (Å²) in [5.74, 6) is -0.723. The Hall–Kier alpha value is -1.72. The number of epoxide rings is 1. The van der Waals surface area contributed by atoms with Crippen molar-refractivity contribution in [1.82, 2.24) is 4.90 Å². The van der Waals surface area contributed by atoms with Crippen LogP contribution in [0.25, 0.3) is 0 Å². The molecule has 110 valence electrons. The molecule has 1 amide bonds. The second kappa shape index (κ2) is 4.93. The third-order valence-electron chi connectivity index (χ3n) is 4.61. The summed E-state index contributed by atoms with van der Waals surface area (Å²) in [4.78, 5) is 28.4. The summed E-state index contributed by atoms with van der Waals surface area (Å²) < 4.78 is 5.26. The van der Waals surface area contributed by atoms with Gasteiger partial charge in [0.1, 0.15) is 0 Å². The number of para-hydroxylation sites is 1. The minimum absolute atomic E-state index is 0.140. The van der Waals surface area contributed by atoms with Crippen molar-refractivity contribution in [1.29, 1.82) is 0 Å². The van der Waals surface area contributed by atoms with Crippen molar-refractivity contribution in [3.8, 4) is 0 Å². The van der Waals surface area contributed by atoms with Crippen LogP contribution in [0.1, 0.15) is 23.2 Å². The summed E-state index contributed by atoms with van der Waals surface area (Å²) in [6.45, 7) is 3.80. The molecule has 2 fully saturated rings. The van der Waals surface area contributed by atoms with Gasteiger partial charge in [0, 0.05) is 25.7 Å². The van der Waals surface area contributed by atoms with E-state index in [9.17, 15) is 9.59 Å². The molecule has 0 aliphatic carbocycles. The second-order valence-corrected chi connectivity index (χ2v) is 6.01. The van der Waals surface area contributed by atoms with E-state index in [4.69, 9.17) is 4.74 Å². The molecular weight excluding hydrogens is 268 g/mol. The van der Waals surface area contributed by atoms with Crippen molar-refractivity contribution in [3.05, 3.63) is 29.8 Å². The van der Waals surface area contributed by atoms with Crippen molar-refractivity contribution in [3.63, 3.8) is 0 Å². The van der Waals surface area contributed by atoms with Gasteiger partial charge in [0.25, 0.3) is 11.7 Å². The van der Waals surface area contributed by atoms with E-state index in [1.807, 2.05) is 18.2 Å². The summed E-state index contributed by atoms with van der Waals surface area (Å²) in [6, 6.07) is 7.46. The fraction of sp³-hybridized carbons (Fsp3) is 0.500. The molecule has 0 N–H and O–H groups in total. The van der Waals surface area contributed by atoms with E-state index in [-0.39, 0.29) is 17.7 Å². The first kappa shape index (κ1) is 13.0. The molecule has 1 aromatic carbocycles. The number of ether oxygens (including phenoxy) is 1. The van der Waals surface area contributed by atoms with Gasteiger partial charge in [0.15, 0.2) is 0 Å². The zero-order chi connectivity index (χ0) is 14.4. The molecule has 0 saturated carbocycles. The van der Waals surface area contributed by atoms with Gasteiger partial charge >= 0.3 is 0 Å². The molecule has 0 spiro atoms. The van der Waals surface area contributed by atoms with Gasteiger partial charge in [-0.1, -0.05) is 12.1 Å². The number of piperidine rings is 1. The zero-order valence-electron chi connectivity index (χ0n) is 11.8. The average Bonchev–Trinajstić information content (AvgIpc) is 3.29. The Morgan fingerprint density at radius 3 is 2.57 bits per heavy atom. The van der Waals surface area contributed by atoms with Crippen LogP contribution in [0.15, 0.2) is 24.3 Å². The van der Waals surface area contributed by atoms with Gasteiger partial charge in [-0.15, -0.1) is 0 Å². The van der Waals surface area contributed by atoms with E-state index < -0.39 is 0 Å². The lowest BCUT2D eigenvalue weighted by Crippen LogP contribution is -2.47. The number of ketones is 1. The van der Waals surface area contributed by atoms with Gasteiger partial charge in [0.05, 0.1) is 24.0 Å². The highest BCUT2D eigenvalue weighted by Gasteiger charge is 2.40. The molecule has 3 heterocycles. The molecule has 1 aromatic rings. The molecule has 5 nitrogen and oxygen atoms in total. The number of hydrogen-bond donors (Lipinski definition) is 0. The molecule has 1 unspecified atom stereocenters. The molecule has 2 saturated heterocycles. The standard InChI is InChI=1S/C16H18N2O3/c19-15-13-3-1-2-4-14(13)18(16(15)20)11-5-7-17(8-6-11)9-12-10-21-12/h1-4,11-12H,5-10H2. The summed E-state index contributed by atoms with van der Waals surface area (Å²) in [6.07, 6.45) is 2.25. The monoisotopic (exact) mass is 286 g/mol. The third kappa shape index (κ3) is 2.26. The number of fused-ring (bicyclic) bond motifs is 1. The van der Waals surface area contributed by atoms with Crippen LogP contribution in [-0.2, 0) is 9.53 Å². The molecule has 3 aliphatic heterocycles. The maximum atomic E-state index is 12.3. The maximum Gasteiger partial charge on any atom is 0.299 e. The number of carbonyl (C=O) groups excluding carboxylic acids is 2. The number of rotatable bonds is 3. The van der Waals surface area contributed by atoms with E-state index in [1.165, 1.54) is 0 Å². The van der Waals surface area contributed by atoms with E-state index in [2.05, 4.69) is 4.90 Å². The van der Waals surface area contributed by atoms with Crippen LogP contribution in [0, 0.1) is 0 Å². The Bertz CT molecular complexity index is 589. The number of amides is 1. The third-order valence-corrected chi connectivity index (χ3v) is 4.61. The second-order valence-electron chi connectivity index (χ2n) is 6.01. The summed E-state index contributed by atoms with van der Waals surface area (Å²) in [7, 11) is 0. The maximum absolute atomic E-state index is 12.3. The predicted molar refractivity (Wildman–Crippen MR) is 77.5 cm³/mol. The largest absolute Gasteiger partial charge is 0.372 e. The lowest BCUT2D eigenvalue weighted by molar-refractivity contribution is -0.114. The summed E-state index contributed by atoms with van der Waals surface area (Å²) in [5, 5.41) is 0. The quantitative estimate of drug-likeness (QED) is 0.616. The van der Waals surface area contributed by atoms with Gasteiger partial charge in [0.2, 0.25) is 0 Å². The Kier molecular flexibility index (Phi) is 3.05. The topological polar surface area (TPSA) is 53.2 Å². The van der Waals surface area contributed by atoms with E-state index in [0.29, 0.717) is 11.7 Å². The zero-order valence-corrected chi connectivity index (χ0v) is 11.8. The minimum atomic E-state index is -0.362. The normalized spacial score (nSPS) is 26.3. The van der Waals surface area contributed by atoms with E-state index >= 15 is 0 Å². The number of Topliss-reactive ketones (excluding diaryl/α,β-unsaturated/α-hetero) is 1. The Balaban J connectivity index is 1.49. The van der Waals surface area contributed by atoms with Crippen molar-refractivity contribution >= 4 is 17.4 Å². The fourth-order valence-corrected chi connectivity index (χ4v) is 3.39. The first-order valence-corrected chi connectivity index (χ1v) is 7.55. The number of carbonyl (C=O) groups is 2. The highest BCUT2D eigenvalue weighted by molar-refractivity contribution is 6.52. The number of anilines is 1. The van der Waals surface area contributed by atoms with Crippen LogP contribution in [0.5, 0.6) is 0 Å². The van der Waals surface area contributed by atoms with Crippen molar-refractivity contribution in [2.45, 2.75) is 25.0 Å². The molecular formula is C16H18N2O3. The lowest BCUT2D eigenvalue weighted by Gasteiger charge is -2.36. The van der Waals surface area contributed by atoms with Crippen LogP contribution in [0.4, 0.5) is 5.69 Å². The van der Waals surface area contributed by atoms with E-state index in [0.717, 1.165) is 44.8 Å². The first-order chi connectivity index (χ1) is 10.2. The van der Waals surface area contributed by atoms with E-state index in [1.54, 1.807) is 11.0 Å². The molecule has 1 atom stereocenters. The van der Waals surface area contributed by atoms with Crippen LogP contribution in [0.3, 0.4) is 0 Å². The SMILES string of the molecule is O=C1C(=O)N(C2CCN(CC3CO3)CC2)c2ccccc21. The smallest absolute Gasteiger partial charge is 0.299 e. The summed E-state index contributed by atoms with van der Waals surface area (Å²) >= 11 is 0. The highest BCUT2D eigenvalue weighted by atomic mass is 16.6. The van der Waals surface area contributed by atoms with Crippen LogP contribution >= 0.6 is 0 Å². The molecule has 21 heavy (non-hydrogen) atoms. The average molecular weight is 286 g/mol. The highest BCUT2D eigenvalue weighted by Crippen LogP contribution is 2.33. The summed E-state index contributed by atoms with van der Waals surface area (Å²) in [5.41, 5.74) is 1.34. The fourth-order valence-electron chi connectivity index (χ4n) is 3.39. The van der Waals surface area contributed by atoms with Gasteiger partial charge in [-0.05, 0) is 25.0 Å². The number of benzene rings is 1. The van der Waals surface area contributed by atoms with Crippen molar-refractivity contribution in [2.75, 3.05) is 31.1 Å². The van der Waals surface area contributed by atoms with Crippen molar-refractivity contribution < 1.29 is 14.3 Å². The first-order valence-electron chi connectivity index (χ1n) is 7.55. The Labute approximate surface area is 123 Å². The molecule has 0 aromatic heterocycles. The number of likely N-dealkylation sites (tertiary alicyclic amines) is 1.